The first kappa shape index (κ1) is 15.0. The molecule has 4 N–H and O–H groups in total. The second kappa shape index (κ2) is 7.38. The Morgan fingerprint density at radius 3 is 2.80 bits per heavy atom. The third kappa shape index (κ3) is 3.79. The van der Waals surface area contributed by atoms with E-state index in [1.807, 2.05) is 12.1 Å². The maximum Gasteiger partial charge on any atom is 0.265 e. The fourth-order valence-electron chi connectivity index (χ4n) is 2.84. The lowest BCUT2D eigenvalue weighted by atomic mass is 10.1. The molecule has 0 bridgehead atoms. The van der Waals surface area contributed by atoms with Crippen molar-refractivity contribution in [3.63, 3.8) is 0 Å². The Balaban J connectivity index is 1.93. The molecule has 1 aliphatic heterocycles. The first-order valence-corrected chi connectivity index (χ1v) is 7.19. The van der Waals surface area contributed by atoms with Gasteiger partial charge in [-0.05, 0) is 49.9 Å². The average molecular weight is 277 g/mol. The predicted molar refractivity (Wildman–Crippen MR) is 77.8 cm³/mol. The molecule has 1 atom stereocenters. The summed E-state index contributed by atoms with van der Waals surface area (Å²) < 4.78 is 0. The molecule has 5 nitrogen and oxygen atoms in total. The highest BCUT2D eigenvalue weighted by Gasteiger charge is 2.23. The number of hydrogen-bond acceptors (Lipinski definition) is 4. The number of nitrogens with zero attached hydrogens (tertiary/aromatic N) is 1. The number of aliphatic hydroxyl groups excluding tert-OH is 1. The van der Waals surface area contributed by atoms with Crippen LogP contribution in [0, 0.1) is 0 Å². The molecule has 1 fully saturated rings. The zero-order valence-electron chi connectivity index (χ0n) is 11.7. The normalized spacial score (nSPS) is 19.2. The van der Waals surface area contributed by atoms with Crippen LogP contribution in [0.25, 0.3) is 0 Å². The van der Waals surface area contributed by atoms with E-state index in [0.29, 0.717) is 11.6 Å². The minimum absolute atomic E-state index is 0.265. The van der Waals surface area contributed by atoms with E-state index in [4.69, 9.17) is 10.9 Å². The smallest absolute Gasteiger partial charge is 0.265 e. The topological polar surface area (TPSA) is 78.6 Å². The van der Waals surface area contributed by atoms with E-state index in [2.05, 4.69) is 10.3 Å². The van der Waals surface area contributed by atoms with Crippen LogP contribution in [0.4, 0.5) is 0 Å². The van der Waals surface area contributed by atoms with E-state index >= 15 is 0 Å². The summed E-state index contributed by atoms with van der Waals surface area (Å²) in [7, 11) is 0. The summed E-state index contributed by atoms with van der Waals surface area (Å²) in [5, 5.41) is 8.94. The van der Waals surface area contributed by atoms with Crippen molar-refractivity contribution in [3.8, 4) is 0 Å². The maximum absolute atomic E-state index is 11.4. The summed E-state index contributed by atoms with van der Waals surface area (Å²) in [4.78, 5) is 13.8. The van der Waals surface area contributed by atoms with E-state index in [0.717, 1.165) is 25.9 Å². The van der Waals surface area contributed by atoms with Crippen LogP contribution in [0.5, 0.6) is 0 Å². The van der Waals surface area contributed by atoms with E-state index in [-0.39, 0.29) is 12.5 Å². The van der Waals surface area contributed by atoms with Crippen molar-refractivity contribution in [2.24, 2.45) is 5.84 Å². The lowest BCUT2D eigenvalue weighted by molar-refractivity contribution is 0.0953. The van der Waals surface area contributed by atoms with Gasteiger partial charge in [-0.15, -0.1) is 0 Å². The molecule has 1 aromatic carbocycles. The van der Waals surface area contributed by atoms with Gasteiger partial charge in [0.15, 0.2) is 0 Å². The van der Waals surface area contributed by atoms with Crippen LogP contribution >= 0.6 is 0 Å². The Kier molecular flexibility index (Phi) is 5.52. The Bertz CT molecular complexity index is 433. The summed E-state index contributed by atoms with van der Waals surface area (Å²) in [6.45, 7) is 2.29. The van der Waals surface area contributed by atoms with Crippen molar-refractivity contribution in [2.75, 3.05) is 13.2 Å². The highest BCUT2D eigenvalue weighted by Crippen LogP contribution is 2.23. The summed E-state index contributed by atoms with van der Waals surface area (Å²) in [5.74, 6) is 4.85. The van der Waals surface area contributed by atoms with Crippen molar-refractivity contribution in [2.45, 2.75) is 38.3 Å². The minimum Gasteiger partial charge on any atom is -0.396 e. The molecule has 1 heterocycles. The highest BCUT2D eigenvalue weighted by molar-refractivity contribution is 5.93. The van der Waals surface area contributed by atoms with Gasteiger partial charge in [0.2, 0.25) is 0 Å². The monoisotopic (exact) mass is 277 g/mol. The van der Waals surface area contributed by atoms with Gasteiger partial charge in [-0.1, -0.05) is 12.1 Å². The van der Waals surface area contributed by atoms with Crippen molar-refractivity contribution >= 4 is 5.91 Å². The van der Waals surface area contributed by atoms with Crippen LogP contribution in [-0.2, 0) is 6.54 Å². The number of likely N-dealkylation sites (tertiary alicyclic amines) is 1. The molecule has 110 valence electrons. The van der Waals surface area contributed by atoms with Gasteiger partial charge < -0.3 is 5.11 Å². The van der Waals surface area contributed by atoms with E-state index in [1.54, 1.807) is 12.1 Å². The summed E-state index contributed by atoms with van der Waals surface area (Å²) in [6, 6.07) is 8.14. The number of nitrogen functional groups attached to an aromatic ring is 1. The van der Waals surface area contributed by atoms with Gasteiger partial charge in [-0.2, -0.15) is 0 Å². The van der Waals surface area contributed by atoms with Crippen molar-refractivity contribution in [1.82, 2.24) is 10.3 Å². The largest absolute Gasteiger partial charge is 0.396 e. The summed E-state index contributed by atoms with van der Waals surface area (Å²) >= 11 is 0. The number of aliphatic hydroxyl groups is 1. The molecule has 0 aromatic heterocycles. The lowest BCUT2D eigenvalue weighted by Crippen LogP contribution is -2.30. The standard InChI is InChI=1S/C15H23N3O2/c16-17-15(20)13-7-5-12(6-8-13)11-18-9-1-3-14(18)4-2-10-19/h5-8,14,19H,1-4,9-11,16H2,(H,17,20). The van der Waals surface area contributed by atoms with E-state index < -0.39 is 0 Å². The molecule has 1 aliphatic rings. The maximum atomic E-state index is 11.4. The number of benzene rings is 1. The van der Waals surface area contributed by atoms with Crippen LogP contribution in [0.2, 0.25) is 0 Å². The van der Waals surface area contributed by atoms with Gasteiger partial charge in [-0.25, -0.2) is 5.84 Å². The molecule has 0 radical (unpaired) electrons. The molecule has 5 heteroatoms. The van der Waals surface area contributed by atoms with E-state index in [1.165, 1.54) is 18.4 Å². The van der Waals surface area contributed by atoms with Crippen LogP contribution in [-0.4, -0.2) is 35.1 Å². The molecular formula is C15H23N3O2. The first-order chi connectivity index (χ1) is 9.74. The molecule has 1 amide bonds. The Hall–Kier alpha value is -1.43. The number of nitrogens with one attached hydrogen (secondary N) is 1. The fourth-order valence-corrected chi connectivity index (χ4v) is 2.84. The molecule has 1 saturated heterocycles. The highest BCUT2D eigenvalue weighted by atomic mass is 16.2. The SMILES string of the molecule is NNC(=O)c1ccc(CN2CCCC2CCCO)cc1. The Morgan fingerprint density at radius 1 is 1.40 bits per heavy atom. The summed E-state index contributed by atoms with van der Waals surface area (Å²) in [5.41, 5.74) is 3.91. The molecular weight excluding hydrogens is 254 g/mol. The predicted octanol–water partition coefficient (Wildman–Crippen LogP) is 1.03. The fraction of sp³-hybridized carbons (Fsp3) is 0.533. The molecule has 20 heavy (non-hydrogen) atoms. The molecule has 0 aliphatic carbocycles. The van der Waals surface area contributed by atoms with Crippen molar-refractivity contribution in [3.05, 3.63) is 35.4 Å². The number of rotatable bonds is 6. The molecule has 0 saturated carbocycles. The number of hydrogen-bond donors (Lipinski definition) is 3. The number of carbonyl (C=O) groups excluding carboxylic acids is 1. The van der Waals surface area contributed by atoms with Gasteiger partial charge in [-0.3, -0.25) is 15.1 Å². The number of nitrogens with two attached hydrogens (primary N) is 1. The van der Waals surface area contributed by atoms with E-state index in [9.17, 15) is 4.79 Å². The third-order valence-electron chi connectivity index (χ3n) is 3.93. The Labute approximate surface area is 119 Å². The summed E-state index contributed by atoms with van der Waals surface area (Å²) in [6.07, 6.45) is 4.37. The second-order valence-corrected chi connectivity index (χ2v) is 5.30. The second-order valence-electron chi connectivity index (χ2n) is 5.30. The lowest BCUT2D eigenvalue weighted by Gasteiger charge is -2.24. The molecule has 0 spiro atoms. The molecule has 1 aromatic rings. The molecule has 2 rings (SSSR count). The van der Waals surface area contributed by atoms with Crippen molar-refractivity contribution in [1.29, 1.82) is 0 Å². The number of amides is 1. The number of carbonyl (C=O) groups is 1. The Morgan fingerprint density at radius 2 is 2.15 bits per heavy atom. The number of hydrazine groups is 1. The molecule has 1 unspecified atom stereocenters. The first-order valence-electron chi connectivity index (χ1n) is 7.19. The van der Waals surface area contributed by atoms with Gasteiger partial charge in [0.05, 0.1) is 0 Å². The van der Waals surface area contributed by atoms with Gasteiger partial charge in [0.1, 0.15) is 0 Å². The van der Waals surface area contributed by atoms with Crippen LogP contribution < -0.4 is 11.3 Å². The quantitative estimate of drug-likeness (QED) is 0.412. The minimum atomic E-state index is -0.265. The third-order valence-corrected chi connectivity index (χ3v) is 3.93. The zero-order chi connectivity index (χ0) is 14.4. The van der Waals surface area contributed by atoms with Crippen LogP contribution in [0.15, 0.2) is 24.3 Å². The average Bonchev–Trinajstić information content (AvgIpc) is 2.92. The van der Waals surface area contributed by atoms with Gasteiger partial charge in [0, 0.05) is 24.8 Å². The van der Waals surface area contributed by atoms with Crippen LogP contribution in [0.1, 0.15) is 41.6 Å². The zero-order valence-corrected chi connectivity index (χ0v) is 11.7. The van der Waals surface area contributed by atoms with Crippen molar-refractivity contribution < 1.29 is 9.90 Å². The van der Waals surface area contributed by atoms with Gasteiger partial charge in [0.25, 0.3) is 5.91 Å². The van der Waals surface area contributed by atoms with Gasteiger partial charge >= 0.3 is 0 Å². The van der Waals surface area contributed by atoms with Crippen LogP contribution in [0.3, 0.4) is 0 Å².